The molecule has 7 nitrogen and oxygen atoms in total. The first-order valence-corrected chi connectivity index (χ1v) is 9.94. The molecule has 1 saturated heterocycles. The van der Waals surface area contributed by atoms with Crippen LogP contribution < -0.4 is 10.2 Å². The first kappa shape index (κ1) is 19.1. The Morgan fingerprint density at radius 3 is 2.62 bits per heavy atom. The van der Waals surface area contributed by atoms with Gasteiger partial charge >= 0.3 is 0 Å². The maximum Gasteiger partial charge on any atom is 0.236 e. The number of benzene rings is 1. The molecule has 0 aliphatic carbocycles. The van der Waals surface area contributed by atoms with Crippen LogP contribution >= 0.6 is 0 Å². The van der Waals surface area contributed by atoms with Crippen molar-refractivity contribution in [2.24, 2.45) is 0 Å². The molecule has 1 fully saturated rings. The van der Waals surface area contributed by atoms with Crippen molar-refractivity contribution < 1.29 is 9.21 Å². The Kier molecular flexibility index (Phi) is 6.16. The van der Waals surface area contributed by atoms with Crippen molar-refractivity contribution in [1.29, 1.82) is 0 Å². The highest BCUT2D eigenvalue weighted by molar-refractivity contribution is 5.78. The molecule has 29 heavy (non-hydrogen) atoms. The van der Waals surface area contributed by atoms with Gasteiger partial charge in [0.25, 0.3) is 0 Å². The summed E-state index contributed by atoms with van der Waals surface area (Å²) < 4.78 is 5.27. The third kappa shape index (κ3) is 5.00. The fourth-order valence-electron chi connectivity index (χ4n) is 3.47. The van der Waals surface area contributed by atoms with Gasteiger partial charge in [0, 0.05) is 31.7 Å². The fourth-order valence-corrected chi connectivity index (χ4v) is 3.47. The van der Waals surface area contributed by atoms with Gasteiger partial charge in [0.15, 0.2) is 5.82 Å². The maximum atomic E-state index is 12.5. The molecule has 0 radical (unpaired) electrons. The van der Waals surface area contributed by atoms with Gasteiger partial charge < -0.3 is 19.5 Å². The third-order valence-electron chi connectivity index (χ3n) is 5.05. The number of anilines is 1. The van der Waals surface area contributed by atoms with Crippen LogP contribution in [0.15, 0.2) is 65.3 Å². The summed E-state index contributed by atoms with van der Waals surface area (Å²) in [6.07, 6.45) is 2.55. The Morgan fingerprint density at radius 2 is 1.86 bits per heavy atom. The van der Waals surface area contributed by atoms with Crippen LogP contribution in [0, 0.1) is 0 Å². The Hall–Kier alpha value is -3.19. The van der Waals surface area contributed by atoms with Gasteiger partial charge in [-0.05, 0) is 30.7 Å². The lowest BCUT2D eigenvalue weighted by molar-refractivity contribution is -0.130. The van der Waals surface area contributed by atoms with Crippen LogP contribution in [-0.2, 0) is 11.3 Å². The molecule has 0 saturated carbocycles. The standard InChI is InChI=1S/C22H25N5O2/c28-22(17-23-16-19-8-4-15-29-19)27-12-5-11-26(13-14-27)21-10-9-20(24-25-21)18-6-2-1-3-7-18/h1-4,6-10,15,23H,5,11-14,16-17H2. The molecule has 7 heteroatoms. The van der Waals surface area contributed by atoms with E-state index in [1.807, 2.05) is 59.5 Å². The number of furan rings is 1. The molecule has 3 aromatic rings. The smallest absolute Gasteiger partial charge is 0.236 e. The molecule has 1 aliphatic heterocycles. The predicted octanol–water partition coefficient (Wildman–Crippen LogP) is 2.57. The molecule has 3 heterocycles. The van der Waals surface area contributed by atoms with Gasteiger partial charge in [-0.1, -0.05) is 30.3 Å². The second-order valence-corrected chi connectivity index (χ2v) is 7.05. The minimum absolute atomic E-state index is 0.115. The monoisotopic (exact) mass is 391 g/mol. The van der Waals surface area contributed by atoms with E-state index in [0.29, 0.717) is 19.6 Å². The van der Waals surface area contributed by atoms with Gasteiger partial charge in [0.05, 0.1) is 25.0 Å². The van der Waals surface area contributed by atoms with Crippen LogP contribution in [0.25, 0.3) is 11.3 Å². The molecule has 0 atom stereocenters. The number of rotatable bonds is 6. The van der Waals surface area contributed by atoms with E-state index in [1.54, 1.807) is 6.26 Å². The molecular weight excluding hydrogens is 366 g/mol. The van der Waals surface area contributed by atoms with E-state index in [0.717, 1.165) is 48.9 Å². The van der Waals surface area contributed by atoms with Gasteiger partial charge in [-0.25, -0.2) is 0 Å². The number of carbonyl (C=O) groups is 1. The summed E-state index contributed by atoms with van der Waals surface area (Å²) in [5.74, 6) is 1.80. The van der Waals surface area contributed by atoms with E-state index in [4.69, 9.17) is 4.42 Å². The molecule has 1 N–H and O–H groups in total. The number of carbonyl (C=O) groups excluding carboxylic acids is 1. The summed E-state index contributed by atoms with van der Waals surface area (Å²) in [5.41, 5.74) is 1.92. The van der Waals surface area contributed by atoms with Gasteiger partial charge in [-0.15, -0.1) is 10.2 Å². The van der Waals surface area contributed by atoms with Crippen molar-refractivity contribution in [3.05, 3.63) is 66.6 Å². The third-order valence-corrected chi connectivity index (χ3v) is 5.05. The fraction of sp³-hybridized carbons (Fsp3) is 0.318. The summed E-state index contributed by atoms with van der Waals surface area (Å²) in [4.78, 5) is 16.6. The van der Waals surface area contributed by atoms with E-state index in [9.17, 15) is 4.79 Å². The largest absolute Gasteiger partial charge is 0.468 e. The summed E-state index contributed by atoms with van der Waals surface area (Å²) in [5, 5.41) is 11.9. The summed E-state index contributed by atoms with van der Waals surface area (Å²) in [6, 6.07) is 17.8. The highest BCUT2D eigenvalue weighted by Gasteiger charge is 2.20. The number of hydrogen-bond acceptors (Lipinski definition) is 6. The highest BCUT2D eigenvalue weighted by Crippen LogP contribution is 2.19. The van der Waals surface area contributed by atoms with Crippen molar-refractivity contribution in [3.8, 4) is 11.3 Å². The molecule has 2 aromatic heterocycles. The second kappa shape index (κ2) is 9.34. The Balaban J connectivity index is 1.29. The predicted molar refractivity (Wildman–Crippen MR) is 111 cm³/mol. The average Bonchev–Trinajstić information content (AvgIpc) is 3.16. The first-order valence-electron chi connectivity index (χ1n) is 9.94. The zero-order valence-electron chi connectivity index (χ0n) is 16.3. The number of nitrogens with one attached hydrogen (secondary N) is 1. The summed E-state index contributed by atoms with van der Waals surface area (Å²) in [7, 11) is 0. The van der Waals surface area contributed by atoms with Crippen LogP contribution in [0.2, 0.25) is 0 Å². The molecule has 0 unspecified atom stereocenters. The van der Waals surface area contributed by atoms with E-state index in [1.165, 1.54) is 0 Å². The van der Waals surface area contributed by atoms with Crippen molar-refractivity contribution in [2.45, 2.75) is 13.0 Å². The van der Waals surface area contributed by atoms with Crippen LogP contribution in [0.4, 0.5) is 5.82 Å². The Bertz CT molecular complexity index is 897. The zero-order valence-corrected chi connectivity index (χ0v) is 16.3. The number of nitrogens with zero attached hydrogens (tertiary/aromatic N) is 4. The molecule has 150 valence electrons. The van der Waals surface area contributed by atoms with E-state index in [2.05, 4.69) is 20.4 Å². The molecule has 0 bridgehead atoms. The number of hydrogen-bond donors (Lipinski definition) is 1. The maximum absolute atomic E-state index is 12.5. The van der Waals surface area contributed by atoms with Crippen LogP contribution in [0.3, 0.4) is 0 Å². The van der Waals surface area contributed by atoms with E-state index < -0.39 is 0 Å². The summed E-state index contributed by atoms with van der Waals surface area (Å²) >= 11 is 0. The topological polar surface area (TPSA) is 74.5 Å². The van der Waals surface area contributed by atoms with Gasteiger partial charge in [-0.3, -0.25) is 4.79 Å². The van der Waals surface area contributed by atoms with Crippen LogP contribution in [0.1, 0.15) is 12.2 Å². The zero-order chi connectivity index (χ0) is 19.9. The molecule has 1 amide bonds. The van der Waals surface area contributed by atoms with Gasteiger partial charge in [0.2, 0.25) is 5.91 Å². The minimum atomic E-state index is 0.115. The van der Waals surface area contributed by atoms with E-state index in [-0.39, 0.29) is 5.91 Å². The number of aromatic nitrogens is 2. The quantitative estimate of drug-likeness (QED) is 0.696. The lowest BCUT2D eigenvalue weighted by atomic mass is 10.1. The van der Waals surface area contributed by atoms with Crippen molar-refractivity contribution in [3.63, 3.8) is 0 Å². The molecule has 0 spiro atoms. The number of amides is 1. The van der Waals surface area contributed by atoms with Crippen LogP contribution in [0.5, 0.6) is 0 Å². The second-order valence-electron chi connectivity index (χ2n) is 7.05. The molecule has 1 aromatic carbocycles. The molecular formula is C22H25N5O2. The highest BCUT2D eigenvalue weighted by atomic mass is 16.3. The van der Waals surface area contributed by atoms with Gasteiger partial charge in [-0.2, -0.15) is 0 Å². The van der Waals surface area contributed by atoms with Crippen molar-refractivity contribution >= 4 is 11.7 Å². The van der Waals surface area contributed by atoms with Crippen LogP contribution in [-0.4, -0.2) is 53.7 Å². The molecule has 4 rings (SSSR count). The van der Waals surface area contributed by atoms with E-state index >= 15 is 0 Å². The van der Waals surface area contributed by atoms with Gasteiger partial charge in [0.1, 0.15) is 5.76 Å². The van der Waals surface area contributed by atoms with Crippen molar-refractivity contribution in [2.75, 3.05) is 37.6 Å². The lowest BCUT2D eigenvalue weighted by Gasteiger charge is -2.22. The average molecular weight is 391 g/mol. The summed E-state index contributed by atoms with van der Waals surface area (Å²) in [6.45, 7) is 3.93. The molecule has 1 aliphatic rings. The Morgan fingerprint density at radius 1 is 0.966 bits per heavy atom. The first-order chi connectivity index (χ1) is 14.3. The lowest BCUT2D eigenvalue weighted by Crippen LogP contribution is -2.40. The van der Waals surface area contributed by atoms with Crippen molar-refractivity contribution in [1.82, 2.24) is 20.4 Å². The minimum Gasteiger partial charge on any atom is -0.468 e. The Labute approximate surface area is 170 Å². The normalized spacial score (nSPS) is 14.6. The SMILES string of the molecule is O=C(CNCc1ccco1)N1CCCN(c2ccc(-c3ccccc3)nn2)CC1.